The molecule has 1 fully saturated rings. The molecule has 1 aliphatic rings. The quantitative estimate of drug-likeness (QED) is 0.736. The van der Waals surface area contributed by atoms with E-state index in [1.807, 2.05) is 0 Å². The van der Waals surface area contributed by atoms with Gasteiger partial charge >= 0.3 is 6.03 Å². The van der Waals surface area contributed by atoms with E-state index in [1.165, 1.54) is 12.1 Å². The summed E-state index contributed by atoms with van der Waals surface area (Å²) in [7, 11) is 0. The summed E-state index contributed by atoms with van der Waals surface area (Å²) >= 11 is 5.84. The molecule has 0 aromatic heterocycles. The summed E-state index contributed by atoms with van der Waals surface area (Å²) in [4.78, 5) is 10.9. The molecule has 2 N–H and O–H groups in total. The van der Waals surface area contributed by atoms with Gasteiger partial charge in [-0.3, -0.25) is 0 Å². The average Bonchev–Trinajstić information content (AvgIpc) is 2.51. The van der Waals surface area contributed by atoms with E-state index in [0.717, 1.165) is 0 Å². The second kappa shape index (κ2) is 3.46. The third-order valence-electron chi connectivity index (χ3n) is 2.12. The molecule has 1 saturated heterocycles. The van der Waals surface area contributed by atoms with Crippen LogP contribution in [0.4, 0.5) is 9.18 Å². The van der Waals surface area contributed by atoms with Gasteiger partial charge < -0.3 is 10.6 Å². The van der Waals surface area contributed by atoms with Crippen LogP contribution in [-0.2, 0) is 0 Å². The number of urea groups is 1. The number of nitrogens with one attached hydrogen (secondary N) is 2. The molecule has 2 rings (SSSR count). The minimum Gasteiger partial charge on any atom is -0.336 e. The van der Waals surface area contributed by atoms with Crippen molar-refractivity contribution in [2.24, 2.45) is 0 Å². The molecule has 3 nitrogen and oxygen atoms in total. The maximum atomic E-state index is 13.4. The van der Waals surface area contributed by atoms with Crippen molar-refractivity contribution in [2.45, 2.75) is 6.04 Å². The Morgan fingerprint density at radius 1 is 1.50 bits per heavy atom. The Hall–Kier alpha value is -1.29. The second-order valence-corrected chi connectivity index (χ2v) is 3.45. The first-order valence-electron chi connectivity index (χ1n) is 4.17. The van der Waals surface area contributed by atoms with Gasteiger partial charge in [0.05, 0.1) is 6.04 Å². The van der Waals surface area contributed by atoms with Gasteiger partial charge in [-0.2, -0.15) is 0 Å². The number of carbonyl (C=O) groups excluding carboxylic acids is 1. The van der Waals surface area contributed by atoms with Gasteiger partial charge in [0.2, 0.25) is 0 Å². The number of benzene rings is 1. The van der Waals surface area contributed by atoms with E-state index in [2.05, 4.69) is 10.6 Å². The summed E-state index contributed by atoms with van der Waals surface area (Å²) in [6.07, 6.45) is 0. The Balaban J connectivity index is 2.36. The molecule has 0 spiro atoms. The van der Waals surface area contributed by atoms with Crippen LogP contribution in [0.1, 0.15) is 11.6 Å². The summed E-state index contributed by atoms with van der Waals surface area (Å²) in [5.41, 5.74) is 0.340. The number of carbonyl (C=O) groups is 1. The largest absolute Gasteiger partial charge is 0.336 e. The predicted molar refractivity (Wildman–Crippen MR) is 50.7 cm³/mol. The molecule has 1 atom stereocenters. The van der Waals surface area contributed by atoms with Gasteiger partial charge in [0.15, 0.2) is 0 Å². The monoisotopic (exact) mass is 214 g/mol. The smallest absolute Gasteiger partial charge is 0.315 e. The number of hydrogen-bond acceptors (Lipinski definition) is 1. The van der Waals surface area contributed by atoms with Gasteiger partial charge in [-0.1, -0.05) is 17.7 Å². The van der Waals surface area contributed by atoms with Crippen molar-refractivity contribution in [1.29, 1.82) is 0 Å². The fourth-order valence-electron chi connectivity index (χ4n) is 1.47. The number of halogens is 2. The van der Waals surface area contributed by atoms with Gasteiger partial charge in [0, 0.05) is 17.1 Å². The van der Waals surface area contributed by atoms with Crippen LogP contribution in [0.5, 0.6) is 0 Å². The molecule has 74 valence electrons. The maximum absolute atomic E-state index is 13.4. The Labute approximate surface area is 85.3 Å². The lowest BCUT2D eigenvalue weighted by Gasteiger charge is -2.11. The van der Waals surface area contributed by atoms with Crippen LogP contribution >= 0.6 is 11.6 Å². The average molecular weight is 215 g/mol. The lowest BCUT2D eigenvalue weighted by molar-refractivity contribution is 0.247. The molecule has 1 heterocycles. The van der Waals surface area contributed by atoms with Crippen molar-refractivity contribution in [3.63, 3.8) is 0 Å². The fraction of sp³-hybridized carbons (Fsp3) is 0.222. The first-order valence-corrected chi connectivity index (χ1v) is 4.54. The van der Waals surface area contributed by atoms with Gasteiger partial charge in [0.25, 0.3) is 0 Å². The van der Waals surface area contributed by atoms with E-state index in [1.54, 1.807) is 6.07 Å². The Morgan fingerprint density at radius 2 is 2.29 bits per heavy atom. The molecule has 1 aromatic carbocycles. The topological polar surface area (TPSA) is 41.1 Å². The molecule has 0 unspecified atom stereocenters. The van der Waals surface area contributed by atoms with Gasteiger partial charge in [-0.15, -0.1) is 0 Å². The van der Waals surface area contributed by atoms with Crippen molar-refractivity contribution >= 4 is 17.6 Å². The van der Waals surface area contributed by atoms with Crippen LogP contribution in [0.25, 0.3) is 0 Å². The number of amides is 2. The van der Waals surface area contributed by atoms with Crippen LogP contribution in [0, 0.1) is 5.82 Å². The summed E-state index contributed by atoms with van der Waals surface area (Å²) in [5.74, 6) is -0.397. The molecule has 1 aromatic rings. The highest BCUT2D eigenvalue weighted by Crippen LogP contribution is 2.26. The van der Waals surface area contributed by atoms with Crippen molar-refractivity contribution in [1.82, 2.24) is 10.6 Å². The molecule has 2 amide bonds. The minimum absolute atomic E-state index is 0.297. The summed E-state index contributed by atoms with van der Waals surface area (Å²) in [6, 6.07) is 3.78. The van der Waals surface area contributed by atoms with Crippen LogP contribution in [-0.4, -0.2) is 12.6 Å². The molecule has 0 saturated carbocycles. The molecule has 0 bridgehead atoms. The lowest BCUT2D eigenvalue weighted by atomic mass is 10.1. The van der Waals surface area contributed by atoms with Crippen LogP contribution in [0.2, 0.25) is 5.02 Å². The summed E-state index contributed by atoms with van der Waals surface area (Å²) in [6.45, 7) is 0.361. The van der Waals surface area contributed by atoms with E-state index in [9.17, 15) is 9.18 Å². The highest BCUT2D eigenvalue weighted by molar-refractivity contribution is 6.31. The molecule has 14 heavy (non-hydrogen) atoms. The molecular formula is C9H8ClFN2O. The van der Waals surface area contributed by atoms with E-state index in [0.29, 0.717) is 17.1 Å². The number of rotatable bonds is 1. The van der Waals surface area contributed by atoms with Crippen molar-refractivity contribution in [3.05, 3.63) is 34.6 Å². The Kier molecular flexibility index (Phi) is 2.29. The first kappa shape index (κ1) is 9.27. The fourth-order valence-corrected chi connectivity index (χ4v) is 1.77. The highest BCUT2D eigenvalue weighted by atomic mass is 35.5. The Bertz CT molecular complexity index is 363. The maximum Gasteiger partial charge on any atom is 0.315 e. The Morgan fingerprint density at radius 3 is 2.86 bits per heavy atom. The van der Waals surface area contributed by atoms with Gasteiger partial charge in [0.1, 0.15) is 5.82 Å². The molecule has 5 heteroatoms. The van der Waals surface area contributed by atoms with Crippen molar-refractivity contribution in [2.75, 3.05) is 6.54 Å². The van der Waals surface area contributed by atoms with E-state index in [4.69, 9.17) is 11.6 Å². The van der Waals surface area contributed by atoms with Crippen molar-refractivity contribution in [3.8, 4) is 0 Å². The third-order valence-corrected chi connectivity index (χ3v) is 2.45. The van der Waals surface area contributed by atoms with Crippen LogP contribution in [0.3, 0.4) is 0 Å². The highest BCUT2D eigenvalue weighted by Gasteiger charge is 2.25. The summed E-state index contributed by atoms with van der Waals surface area (Å²) in [5, 5.41) is 5.46. The predicted octanol–water partition coefficient (Wildman–Crippen LogP) is 1.83. The molecule has 1 aliphatic heterocycles. The van der Waals surface area contributed by atoms with E-state index in [-0.39, 0.29) is 12.1 Å². The van der Waals surface area contributed by atoms with Crippen molar-refractivity contribution < 1.29 is 9.18 Å². The number of hydrogen-bond donors (Lipinski definition) is 2. The zero-order valence-corrected chi connectivity index (χ0v) is 7.94. The van der Waals surface area contributed by atoms with Crippen LogP contribution < -0.4 is 10.6 Å². The van der Waals surface area contributed by atoms with Crippen LogP contribution in [0.15, 0.2) is 18.2 Å². The zero-order chi connectivity index (χ0) is 10.1. The first-order chi connectivity index (χ1) is 6.68. The van der Waals surface area contributed by atoms with Gasteiger partial charge in [-0.05, 0) is 12.1 Å². The molecule has 0 aliphatic carbocycles. The summed E-state index contributed by atoms with van der Waals surface area (Å²) < 4.78 is 13.4. The zero-order valence-electron chi connectivity index (χ0n) is 7.18. The van der Waals surface area contributed by atoms with Gasteiger partial charge in [-0.25, -0.2) is 9.18 Å². The lowest BCUT2D eigenvalue weighted by Crippen LogP contribution is -2.22. The third kappa shape index (κ3) is 1.53. The normalized spacial score (nSPS) is 20.4. The molecular weight excluding hydrogens is 207 g/mol. The second-order valence-electron chi connectivity index (χ2n) is 3.04. The minimum atomic E-state index is -0.397. The van der Waals surface area contributed by atoms with E-state index < -0.39 is 5.82 Å². The van der Waals surface area contributed by atoms with E-state index >= 15 is 0 Å². The molecule has 0 radical (unpaired) electrons. The SMILES string of the molecule is O=C1NC[C@@H](c2c(F)cccc2Cl)N1. The standard InChI is InChI=1S/C9H8ClFN2O/c10-5-2-1-3-6(11)8(5)7-4-12-9(14)13-7/h1-3,7H,4H2,(H2,12,13,14)/t7-/m0/s1.